The highest BCUT2D eigenvalue weighted by Crippen LogP contribution is 2.24. The van der Waals surface area contributed by atoms with Gasteiger partial charge < -0.3 is 5.11 Å². The number of nitriles is 1. The molecule has 0 saturated heterocycles. The molecule has 0 aliphatic rings. The molecule has 2 heteroatoms. The topological polar surface area (TPSA) is 44.0 Å². The van der Waals surface area contributed by atoms with Gasteiger partial charge >= 0.3 is 0 Å². The maximum atomic E-state index is 9.88. The monoisotopic (exact) mass is 237 g/mol. The minimum atomic E-state index is -0.816. The molecule has 0 aliphatic heterocycles. The van der Waals surface area contributed by atoms with Gasteiger partial charge in [-0.1, -0.05) is 36.4 Å². The van der Waals surface area contributed by atoms with Crippen molar-refractivity contribution in [1.82, 2.24) is 0 Å². The van der Waals surface area contributed by atoms with Crippen LogP contribution < -0.4 is 0 Å². The summed E-state index contributed by atoms with van der Waals surface area (Å²) in [5, 5.41) is 18.6. The van der Waals surface area contributed by atoms with E-state index in [-0.39, 0.29) is 0 Å². The maximum Gasteiger partial charge on any atom is 0.0991 e. The lowest BCUT2D eigenvalue weighted by molar-refractivity contribution is 0.0786. The fourth-order valence-corrected chi connectivity index (χ4v) is 1.81. The van der Waals surface area contributed by atoms with Crippen molar-refractivity contribution in [3.05, 3.63) is 59.7 Å². The van der Waals surface area contributed by atoms with Crippen LogP contribution in [0, 0.1) is 11.3 Å². The largest absolute Gasteiger partial charge is 0.386 e. The van der Waals surface area contributed by atoms with E-state index in [0.717, 1.165) is 16.7 Å². The summed E-state index contributed by atoms with van der Waals surface area (Å²) in [7, 11) is 0. The van der Waals surface area contributed by atoms with E-state index >= 15 is 0 Å². The van der Waals surface area contributed by atoms with Crippen LogP contribution in [0.4, 0.5) is 0 Å². The van der Waals surface area contributed by atoms with Crippen molar-refractivity contribution in [1.29, 1.82) is 5.26 Å². The summed E-state index contributed by atoms with van der Waals surface area (Å²) in [5.74, 6) is 0. The van der Waals surface area contributed by atoms with Gasteiger partial charge in [-0.2, -0.15) is 5.26 Å². The van der Waals surface area contributed by atoms with Gasteiger partial charge in [0.15, 0.2) is 0 Å². The average Bonchev–Trinajstić information content (AvgIpc) is 2.38. The van der Waals surface area contributed by atoms with Crippen molar-refractivity contribution < 1.29 is 5.11 Å². The molecule has 2 nitrogen and oxygen atoms in total. The third-order valence-corrected chi connectivity index (χ3v) is 2.94. The van der Waals surface area contributed by atoms with E-state index in [2.05, 4.69) is 6.07 Å². The van der Waals surface area contributed by atoms with Gasteiger partial charge in [-0.3, -0.25) is 0 Å². The van der Waals surface area contributed by atoms with Gasteiger partial charge in [0.25, 0.3) is 0 Å². The average molecular weight is 237 g/mol. The van der Waals surface area contributed by atoms with E-state index in [4.69, 9.17) is 5.26 Å². The molecular formula is C16H15NO. The summed E-state index contributed by atoms with van der Waals surface area (Å²) in [4.78, 5) is 0. The van der Waals surface area contributed by atoms with Gasteiger partial charge in [0, 0.05) is 0 Å². The minimum Gasteiger partial charge on any atom is -0.386 e. The molecule has 0 heterocycles. The van der Waals surface area contributed by atoms with Crippen LogP contribution in [0.25, 0.3) is 11.1 Å². The predicted octanol–water partition coefficient (Wildman–Crippen LogP) is 3.45. The van der Waals surface area contributed by atoms with E-state index in [0.29, 0.717) is 5.56 Å². The summed E-state index contributed by atoms with van der Waals surface area (Å²) < 4.78 is 0. The number of hydrogen-bond acceptors (Lipinski definition) is 2. The summed E-state index contributed by atoms with van der Waals surface area (Å²) in [6, 6.07) is 17.4. The zero-order chi connectivity index (χ0) is 13.2. The maximum absolute atomic E-state index is 9.88. The quantitative estimate of drug-likeness (QED) is 0.869. The summed E-state index contributed by atoms with van der Waals surface area (Å²) in [6.45, 7) is 3.54. The van der Waals surface area contributed by atoms with Crippen LogP contribution in [0.5, 0.6) is 0 Å². The van der Waals surface area contributed by atoms with Gasteiger partial charge in [0.1, 0.15) is 0 Å². The van der Waals surface area contributed by atoms with Crippen molar-refractivity contribution in [3.63, 3.8) is 0 Å². The van der Waals surface area contributed by atoms with Crippen molar-refractivity contribution in [2.24, 2.45) is 0 Å². The number of aliphatic hydroxyl groups is 1. The molecule has 1 N–H and O–H groups in total. The molecule has 0 aromatic heterocycles. The molecule has 2 aromatic rings. The fraction of sp³-hybridized carbons (Fsp3) is 0.188. The molecule has 18 heavy (non-hydrogen) atoms. The first-order chi connectivity index (χ1) is 8.50. The van der Waals surface area contributed by atoms with Crippen LogP contribution in [-0.2, 0) is 5.60 Å². The minimum absolute atomic E-state index is 0.659. The molecule has 0 amide bonds. The Hall–Kier alpha value is -2.11. The normalized spacial score (nSPS) is 11.0. The van der Waals surface area contributed by atoms with Gasteiger partial charge in [0.2, 0.25) is 0 Å². The molecule has 0 unspecified atom stereocenters. The molecule has 0 spiro atoms. The van der Waals surface area contributed by atoms with Crippen LogP contribution in [-0.4, -0.2) is 5.11 Å². The number of benzene rings is 2. The molecule has 0 fully saturated rings. The highest BCUT2D eigenvalue weighted by atomic mass is 16.3. The van der Waals surface area contributed by atoms with Crippen molar-refractivity contribution >= 4 is 0 Å². The first-order valence-corrected chi connectivity index (χ1v) is 5.84. The molecule has 0 bridgehead atoms. The second-order valence-electron chi connectivity index (χ2n) is 4.83. The Morgan fingerprint density at radius 3 is 1.72 bits per heavy atom. The summed E-state index contributed by atoms with van der Waals surface area (Å²) in [5.41, 5.74) is 2.87. The molecule has 0 saturated carbocycles. The smallest absolute Gasteiger partial charge is 0.0991 e. The molecule has 2 rings (SSSR count). The number of hydrogen-bond donors (Lipinski definition) is 1. The van der Waals surface area contributed by atoms with E-state index in [9.17, 15) is 5.11 Å². The summed E-state index contributed by atoms with van der Waals surface area (Å²) in [6.07, 6.45) is 0. The van der Waals surface area contributed by atoms with E-state index in [1.807, 2.05) is 36.4 Å². The van der Waals surface area contributed by atoms with Crippen molar-refractivity contribution in [2.75, 3.05) is 0 Å². The Morgan fingerprint density at radius 2 is 1.33 bits per heavy atom. The predicted molar refractivity (Wildman–Crippen MR) is 71.8 cm³/mol. The van der Waals surface area contributed by atoms with Gasteiger partial charge in [-0.25, -0.2) is 0 Å². The van der Waals surface area contributed by atoms with Crippen LogP contribution in [0.15, 0.2) is 48.5 Å². The van der Waals surface area contributed by atoms with Gasteiger partial charge in [-0.05, 0) is 42.7 Å². The molecule has 2 aromatic carbocycles. The zero-order valence-electron chi connectivity index (χ0n) is 10.5. The standard InChI is InChI=1S/C16H15NO/c1-16(2,18)15-9-7-14(8-10-15)13-5-3-12(11-17)4-6-13/h3-10,18H,1-2H3. The van der Waals surface area contributed by atoms with Gasteiger partial charge in [0.05, 0.1) is 17.2 Å². The molecule has 0 radical (unpaired) electrons. The molecule has 90 valence electrons. The van der Waals surface area contributed by atoms with Gasteiger partial charge in [-0.15, -0.1) is 0 Å². The van der Waals surface area contributed by atoms with Crippen LogP contribution in [0.1, 0.15) is 25.0 Å². The summed E-state index contributed by atoms with van der Waals surface area (Å²) >= 11 is 0. The van der Waals surface area contributed by atoms with Crippen molar-refractivity contribution in [3.8, 4) is 17.2 Å². The molecule has 0 aliphatic carbocycles. The number of rotatable bonds is 2. The van der Waals surface area contributed by atoms with E-state index < -0.39 is 5.60 Å². The first kappa shape index (κ1) is 12.3. The molecule has 0 atom stereocenters. The third kappa shape index (κ3) is 2.58. The van der Waals surface area contributed by atoms with Crippen LogP contribution in [0.2, 0.25) is 0 Å². The van der Waals surface area contributed by atoms with Crippen LogP contribution in [0.3, 0.4) is 0 Å². The lowest BCUT2D eigenvalue weighted by atomic mass is 9.95. The highest BCUT2D eigenvalue weighted by Gasteiger charge is 2.15. The van der Waals surface area contributed by atoms with E-state index in [1.54, 1.807) is 26.0 Å². The first-order valence-electron chi connectivity index (χ1n) is 5.84. The second kappa shape index (κ2) is 4.64. The second-order valence-corrected chi connectivity index (χ2v) is 4.83. The van der Waals surface area contributed by atoms with Crippen molar-refractivity contribution in [2.45, 2.75) is 19.4 Å². The SMILES string of the molecule is CC(C)(O)c1ccc(-c2ccc(C#N)cc2)cc1. The number of nitrogens with zero attached hydrogens (tertiary/aromatic N) is 1. The van der Waals surface area contributed by atoms with E-state index in [1.165, 1.54) is 0 Å². The lowest BCUT2D eigenvalue weighted by Crippen LogP contribution is -2.14. The zero-order valence-corrected chi connectivity index (χ0v) is 10.5. The lowest BCUT2D eigenvalue weighted by Gasteiger charge is -2.17. The van der Waals surface area contributed by atoms with Crippen LogP contribution >= 0.6 is 0 Å². The Labute approximate surface area is 107 Å². The Balaban J connectivity index is 2.32. The highest BCUT2D eigenvalue weighted by molar-refractivity contribution is 5.64. The fourth-order valence-electron chi connectivity index (χ4n) is 1.81. The Kier molecular flexibility index (Phi) is 3.18. The molecular weight excluding hydrogens is 222 g/mol. The third-order valence-electron chi connectivity index (χ3n) is 2.94. The Morgan fingerprint density at radius 1 is 0.889 bits per heavy atom. The Bertz CT molecular complexity index is 568.